The van der Waals surface area contributed by atoms with E-state index in [-0.39, 0.29) is 41.5 Å². The Labute approximate surface area is 259 Å². The zero-order chi connectivity index (χ0) is 30.3. The number of rotatable bonds is 5. The normalized spacial score (nSPS) is 32.0. The first-order chi connectivity index (χ1) is 19.9. The fourth-order valence-corrected chi connectivity index (χ4v) is 8.53. The van der Waals surface area contributed by atoms with Crippen molar-refractivity contribution >= 4 is 74.2 Å². The number of imide groups is 2. The van der Waals surface area contributed by atoms with Gasteiger partial charge in [-0.05, 0) is 67.6 Å². The second-order valence-corrected chi connectivity index (χ2v) is 12.8. The first-order valence-electron chi connectivity index (χ1n) is 13.3. The van der Waals surface area contributed by atoms with Crippen molar-refractivity contribution in [3.8, 4) is 11.5 Å². The molecule has 2 aliphatic carbocycles. The lowest BCUT2D eigenvalue weighted by molar-refractivity contribution is -0.138. The molecule has 2 aromatic rings. The molecule has 2 heterocycles. The van der Waals surface area contributed by atoms with Gasteiger partial charge in [-0.15, -0.1) is 23.2 Å². The number of anilines is 1. The molecule has 6 rings (SSSR count). The van der Waals surface area contributed by atoms with Crippen LogP contribution >= 0.6 is 39.1 Å². The summed E-state index contributed by atoms with van der Waals surface area (Å²) < 4.78 is 5.32. The zero-order valence-electron chi connectivity index (χ0n) is 22.5. The van der Waals surface area contributed by atoms with E-state index in [1.165, 1.54) is 26.2 Å². The first-order valence-corrected chi connectivity index (χ1v) is 15.1. The molecule has 42 heavy (non-hydrogen) atoms. The van der Waals surface area contributed by atoms with Gasteiger partial charge in [0, 0.05) is 11.5 Å². The number of phenols is 1. The summed E-state index contributed by atoms with van der Waals surface area (Å²) >= 11 is 17.6. The number of aromatic hydroxyl groups is 1. The largest absolute Gasteiger partial charge is 0.504 e. The number of fused-ring (bicyclic) bond motifs is 4. The fourth-order valence-electron chi connectivity index (χ4n) is 7.10. The number of amides is 4. The van der Waals surface area contributed by atoms with Crippen molar-refractivity contribution in [2.75, 3.05) is 17.5 Å². The summed E-state index contributed by atoms with van der Waals surface area (Å²) in [5.41, 5.74) is 1.75. The summed E-state index contributed by atoms with van der Waals surface area (Å²) in [5, 5.41) is 10.3. The number of halogens is 3. The average molecular weight is 676 g/mol. The number of Topliss-reactive ketones (excluding diaryl/α,β-unsaturated/α-hetero) is 1. The van der Waals surface area contributed by atoms with E-state index in [4.69, 9.17) is 27.9 Å². The Hall–Kier alpha value is -3.21. The van der Waals surface area contributed by atoms with E-state index < -0.39 is 51.1 Å². The van der Waals surface area contributed by atoms with Crippen molar-refractivity contribution in [2.45, 2.75) is 35.4 Å². The summed E-state index contributed by atoms with van der Waals surface area (Å²) in [5.74, 6) is -5.59. The summed E-state index contributed by atoms with van der Waals surface area (Å²) in [6.45, 7) is 1.43. The third-order valence-electron chi connectivity index (χ3n) is 9.08. The van der Waals surface area contributed by atoms with Crippen LogP contribution in [0.4, 0.5) is 5.69 Å². The third-order valence-corrected chi connectivity index (χ3v) is 11.0. The molecule has 2 aromatic carbocycles. The van der Waals surface area contributed by atoms with Crippen molar-refractivity contribution in [1.29, 1.82) is 0 Å². The predicted octanol–water partition coefficient (Wildman–Crippen LogP) is 4.52. The lowest BCUT2D eigenvalue weighted by Crippen LogP contribution is -2.60. The number of hydrogen-bond acceptors (Lipinski definition) is 7. The van der Waals surface area contributed by atoms with Crippen LogP contribution in [0.3, 0.4) is 0 Å². The number of hydrogen-bond donors (Lipinski definition) is 1. The molecule has 4 amide bonds. The van der Waals surface area contributed by atoms with E-state index in [0.717, 1.165) is 9.80 Å². The fraction of sp³-hybridized carbons (Fsp3) is 0.367. The number of carbonyl (C=O) groups is 5. The molecule has 4 aliphatic rings. The monoisotopic (exact) mass is 674 g/mol. The number of nitrogens with zero attached hydrogens (tertiary/aromatic N) is 2. The van der Waals surface area contributed by atoms with Gasteiger partial charge in [0.2, 0.25) is 11.8 Å². The summed E-state index contributed by atoms with van der Waals surface area (Å²) in [6, 6.07) is 10.8. The van der Waals surface area contributed by atoms with Gasteiger partial charge in [0.15, 0.2) is 27.0 Å². The molecule has 6 atom stereocenters. The number of methoxy groups -OCH3 is 1. The SMILES string of the molecule is COc1cc([C@H]2C3=CC[C@@H]4C(=O)N(c5ccc(C(C)=O)cc5)C(=O)[C@@H]4[C@@H]3C[C@@]3(Cl)C(=O)N(CBr)C(=O)[C@@]23Cl)ccc1O. The van der Waals surface area contributed by atoms with E-state index in [0.29, 0.717) is 22.4 Å². The smallest absolute Gasteiger partial charge is 0.254 e. The van der Waals surface area contributed by atoms with E-state index in [1.54, 1.807) is 30.3 Å². The van der Waals surface area contributed by atoms with Crippen LogP contribution in [0.15, 0.2) is 54.1 Å². The second kappa shape index (κ2) is 9.92. The molecule has 2 aliphatic heterocycles. The quantitative estimate of drug-likeness (QED) is 0.163. The van der Waals surface area contributed by atoms with Gasteiger partial charge in [-0.1, -0.05) is 33.6 Å². The highest BCUT2D eigenvalue weighted by Crippen LogP contribution is 2.65. The molecular weight excluding hydrogens is 651 g/mol. The highest BCUT2D eigenvalue weighted by Gasteiger charge is 2.76. The van der Waals surface area contributed by atoms with Gasteiger partial charge in [-0.2, -0.15) is 0 Å². The molecule has 12 heteroatoms. The van der Waals surface area contributed by atoms with E-state index in [9.17, 15) is 29.1 Å². The van der Waals surface area contributed by atoms with Crippen molar-refractivity contribution in [1.82, 2.24) is 4.90 Å². The number of alkyl halides is 3. The van der Waals surface area contributed by atoms with Gasteiger partial charge in [-0.25, -0.2) is 0 Å². The minimum Gasteiger partial charge on any atom is -0.504 e. The maximum Gasteiger partial charge on any atom is 0.254 e. The molecule has 9 nitrogen and oxygen atoms in total. The molecular formula is C30H25BrCl2N2O7. The summed E-state index contributed by atoms with van der Waals surface area (Å²) in [6.07, 6.45) is 1.90. The minimum absolute atomic E-state index is 0.129. The Morgan fingerprint density at radius 1 is 1.05 bits per heavy atom. The zero-order valence-corrected chi connectivity index (χ0v) is 25.6. The lowest BCUT2D eigenvalue weighted by Gasteiger charge is -2.50. The van der Waals surface area contributed by atoms with Gasteiger partial charge in [-0.3, -0.25) is 33.8 Å². The third kappa shape index (κ3) is 3.70. The molecule has 2 saturated heterocycles. The number of ketones is 1. The molecule has 0 aromatic heterocycles. The number of allylic oxidation sites excluding steroid dienone is 2. The summed E-state index contributed by atoms with van der Waals surface area (Å²) in [7, 11) is 1.38. The van der Waals surface area contributed by atoms with Crippen LogP contribution in [0.2, 0.25) is 0 Å². The standard InChI is InChI=1S/C30H25BrCl2N2O7/c1-14(36)15-3-6-17(7-4-15)35-25(38)19-9-8-18-20(23(19)26(35)39)12-29(32)27(40)34(13-31)28(41)30(29,33)24(18)16-5-10-21(37)22(11-16)42-2/h3-8,10-11,19-20,23-24,37H,9,12-13H2,1-2H3/t19-,20+,23-,24-,29+,30-/m0/s1. The molecule has 218 valence electrons. The van der Waals surface area contributed by atoms with Gasteiger partial charge in [0.25, 0.3) is 11.8 Å². The molecule has 3 fully saturated rings. The van der Waals surface area contributed by atoms with Crippen molar-refractivity contribution < 1.29 is 33.8 Å². The van der Waals surface area contributed by atoms with Crippen LogP contribution in [0.25, 0.3) is 0 Å². The Kier molecular flexibility index (Phi) is 6.83. The first kappa shape index (κ1) is 28.9. The van der Waals surface area contributed by atoms with Crippen LogP contribution in [0.5, 0.6) is 11.5 Å². The second-order valence-electron chi connectivity index (χ2n) is 11.0. The van der Waals surface area contributed by atoms with Crippen LogP contribution in [0.1, 0.15) is 41.6 Å². The van der Waals surface area contributed by atoms with Crippen molar-refractivity contribution in [3.05, 3.63) is 65.2 Å². The molecule has 0 spiro atoms. The average Bonchev–Trinajstić information content (AvgIpc) is 3.31. The van der Waals surface area contributed by atoms with Gasteiger partial charge < -0.3 is 9.84 Å². The van der Waals surface area contributed by atoms with Crippen molar-refractivity contribution in [3.63, 3.8) is 0 Å². The van der Waals surface area contributed by atoms with Crippen molar-refractivity contribution in [2.24, 2.45) is 17.8 Å². The van der Waals surface area contributed by atoms with Gasteiger partial charge in [0.1, 0.15) is 0 Å². The molecule has 1 saturated carbocycles. The van der Waals surface area contributed by atoms with E-state index >= 15 is 0 Å². The molecule has 0 radical (unpaired) electrons. The molecule has 1 N–H and O–H groups in total. The Balaban J connectivity index is 1.49. The maximum absolute atomic E-state index is 14.1. The lowest BCUT2D eigenvalue weighted by atomic mass is 9.56. The Morgan fingerprint density at radius 2 is 1.74 bits per heavy atom. The highest BCUT2D eigenvalue weighted by molar-refractivity contribution is 9.09. The topological polar surface area (TPSA) is 121 Å². The number of likely N-dealkylation sites (tertiary alicyclic amines) is 1. The molecule has 0 unspecified atom stereocenters. The van der Waals surface area contributed by atoms with E-state index in [1.807, 2.05) is 6.08 Å². The Bertz CT molecular complexity index is 1610. The van der Waals surface area contributed by atoms with Crippen LogP contribution < -0.4 is 9.64 Å². The maximum atomic E-state index is 14.1. The van der Waals surface area contributed by atoms with Crippen LogP contribution in [-0.2, 0) is 19.2 Å². The highest BCUT2D eigenvalue weighted by atomic mass is 79.9. The number of ether oxygens (including phenoxy) is 1. The van der Waals surface area contributed by atoms with Gasteiger partial charge >= 0.3 is 0 Å². The van der Waals surface area contributed by atoms with Crippen LogP contribution in [0, 0.1) is 17.8 Å². The van der Waals surface area contributed by atoms with Crippen LogP contribution in [-0.4, -0.2) is 61.7 Å². The predicted molar refractivity (Wildman–Crippen MR) is 157 cm³/mol. The molecule has 0 bridgehead atoms. The van der Waals surface area contributed by atoms with Gasteiger partial charge in [0.05, 0.1) is 30.1 Å². The van der Waals surface area contributed by atoms with E-state index in [2.05, 4.69) is 15.9 Å². The number of carbonyl (C=O) groups excluding carboxylic acids is 5. The number of phenolic OH excluding ortho intramolecular Hbond substituents is 1. The Morgan fingerprint density at radius 3 is 2.36 bits per heavy atom. The minimum atomic E-state index is -1.95. The summed E-state index contributed by atoms with van der Waals surface area (Å²) in [4.78, 5) is 65.3. The number of benzene rings is 2.